The van der Waals surface area contributed by atoms with Crippen molar-refractivity contribution in [2.24, 2.45) is 16.7 Å². The van der Waals surface area contributed by atoms with Gasteiger partial charge in [-0.2, -0.15) is 0 Å². The molecule has 1 unspecified atom stereocenters. The number of rotatable bonds is 7. The molecule has 1 aliphatic carbocycles. The second-order valence-electron chi connectivity index (χ2n) is 10.5. The lowest BCUT2D eigenvalue weighted by atomic mass is 9.94. The molecule has 31 heavy (non-hydrogen) atoms. The monoisotopic (exact) mass is 428 g/mol. The van der Waals surface area contributed by atoms with Crippen LogP contribution >= 0.6 is 0 Å². The summed E-state index contributed by atoms with van der Waals surface area (Å²) in [6.07, 6.45) is 0.697. The second kappa shape index (κ2) is 7.64. The number of carbonyl (C=O) groups is 3. The summed E-state index contributed by atoms with van der Waals surface area (Å²) in [6, 6.07) is 6.15. The minimum atomic E-state index is -0.784. The molecule has 1 saturated heterocycles. The van der Waals surface area contributed by atoms with Crippen molar-refractivity contribution in [1.29, 1.82) is 0 Å². The first-order valence-electron chi connectivity index (χ1n) is 11.2. The minimum Gasteiger partial charge on any atom is -0.494 e. The van der Waals surface area contributed by atoms with E-state index in [0.717, 1.165) is 0 Å². The number of ether oxygens (including phenoxy) is 1. The van der Waals surface area contributed by atoms with Crippen LogP contribution in [0.2, 0.25) is 0 Å². The van der Waals surface area contributed by atoms with Gasteiger partial charge in [0.25, 0.3) is 5.91 Å². The summed E-state index contributed by atoms with van der Waals surface area (Å²) in [7, 11) is 0. The van der Waals surface area contributed by atoms with E-state index in [1.54, 1.807) is 29.2 Å². The van der Waals surface area contributed by atoms with E-state index in [-0.39, 0.29) is 40.9 Å². The molecule has 170 valence electrons. The van der Waals surface area contributed by atoms with Crippen LogP contribution in [0.15, 0.2) is 24.3 Å². The Morgan fingerprint density at radius 1 is 1.10 bits per heavy atom. The number of benzene rings is 1. The molecule has 1 heterocycles. The van der Waals surface area contributed by atoms with Crippen molar-refractivity contribution in [3.63, 3.8) is 0 Å². The van der Waals surface area contributed by atoms with Crippen LogP contribution in [0.1, 0.15) is 68.2 Å². The minimum absolute atomic E-state index is 0.00872. The molecule has 2 fully saturated rings. The van der Waals surface area contributed by atoms with Crippen molar-refractivity contribution in [2.45, 2.75) is 79.8 Å². The van der Waals surface area contributed by atoms with Gasteiger partial charge in [0, 0.05) is 11.5 Å². The van der Waals surface area contributed by atoms with Gasteiger partial charge in [0.2, 0.25) is 11.8 Å². The molecule has 0 spiro atoms. The Balaban J connectivity index is 1.93. The quantitative estimate of drug-likeness (QED) is 0.603. The van der Waals surface area contributed by atoms with Gasteiger partial charge < -0.3 is 9.64 Å². The van der Waals surface area contributed by atoms with Crippen LogP contribution in [-0.2, 0) is 14.4 Å². The molecule has 3 amide bonds. The second-order valence-corrected chi connectivity index (χ2v) is 10.5. The Morgan fingerprint density at radius 2 is 1.65 bits per heavy atom. The van der Waals surface area contributed by atoms with Crippen molar-refractivity contribution in [3.05, 3.63) is 24.3 Å². The van der Waals surface area contributed by atoms with Crippen LogP contribution in [0.4, 0.5) is 5.69 Å². The van der Waals surface area contributed by atoms with E-state index in [4.69, 9.17) is 4.74 Å². The van der Waals surface area contributed by atoms with Crippen LogP contribution < -0.4 is 9.64 Å². The zero-order valence-corrected chi connectivity index (χ0v) is 20.1. The summed E-state index contributed by atoms with van der Waals surface area (Å²) < 4.78 is 5.46. The molecular weight excluding hydrogens is 392 g/mol. The zero-order valence-electron chi connectivity index (χ0n) is 20.1. The highest BCUT2D eigenvalue weighted by atomic mass is 16.5. The van der Waals surface area contributed by atoms with Gasteiger partial charge in [-0.15, -0.1) is 0 Å². The Labute approximate surface area is 185 Å². The summed E-state index contributed by atoms with van der Waals surface area (Å²) in [5.74, 6) is -0.128. The van der Waals surface area contributed by atoms with Crippen molar-refractivity contribution < 1.29 is 19.1 Å². The highest BCUT2D eigenvalue weighted by Crippen LogP contribution is 2.69. The van der Waals surface area contributed by atoms with Crippen molar-refractivity contribution in [3.8, 4) is 5.75 Å². The average molecular weight is 429 g/mol. The van der Waals surface area contributed by atoms with E-state index in [0.29, 0.717) is 24.5 Å². The highest BCUT2D eigenvalue weighted by molar-refractivity contribution is 6.23. The van der Waals surface area contributed by atoms with Gasteiger partial charge in [0.05, 0.1) is 18.7 Å². The van der Waals surface area contributed by atoms with E-state index in [2.05, 4.69) is 27.7 Å². The third kappa shape index (κ3) is 3.64. The fourth-order valence-electron chi connectivity index (χ4n) is 4.94. The number of amides is 3. The van der Waals surface area contributed by atoms with Gasteiger partial charge in [0.1, 0.15) is 11.8 Å². The fraction of sp³-hybridized carbons (Fsp3) is 0.640. The molecule has 6 heteroatoms. The zero-order chi connectivity index (χ0) is 23.4. The number of carbonyl (C=O) groups excluding carboxylic acids is 3. The summed E-state index contributed by atoms with van der Waals surface area (Å²) in [4.78, 5) is 43.1. The van der Waals surface area contributed by atoms with Crippen molar-refractivity contribution >= 4 is 23.4 Å². The molecule has 1 aromatic carbocycles. The van der Waals surface area contributed by atoms with Gasteiger partial charge in [-0.1, -0.05) is 34.6 Å². The summed E-state index contributed by atoms with van der Waals surface area (Å²) in [6.45, 7) is 16.8. The molecule has 1 saturated carbocycles. The first-order valence-corrected chi connectivity index (χ1v) is 11.2. The SMILES string of the molecule is CCOc1ccc(N2C(=O)CC(N(C(=O)C3C(C)(C)C3(C)C)C(C)(C)CC)C2=O)cc1. The Hall–Kier alpha value is -2.37. The topological polar surface area (TPSA) is 66.9 Å². The summed E-state index contributed by atoms with van der Waals surface area (Å²) in [5, 5.41) is 0. The van der Waals surface area contributed by atoms with Gasteiger partial charge in [-0.3, -0.25) is 14.4 Å². The molecule has 0 radical (unpaired) electrons. The lowest BCUT2D eigenvalue weighted by molar-refractivity contribution is -0.147. The van der Waals surface area contributed by atoms with E-state index < -0.39 is 11.6 Å². The van der Waals surface area contributed by atoms with Crippen LogP contribution in [0.3, 0.4) is 0 Å². The Bertz CT molecular complexity index is 871. The number of nitrogens with zero attached hydrogens (tertiary/aromatic N) is 2. The number of hydrogen-bond donors (Lipinski definition) is 0. The third-order valence-corrected chi connectivity index (χ3v) is 7.86. The molecule has 6 nitrogen and oxygen atoms in total. The lowest BCUT2D eigenvalue weighted by Gasteiger charge is -2.41. The smallest absolute Gasteiger partial charge is 0.257 e. The average Bonchev–Trinajstić information content (AvgIpc) is 2.92. The van der Waals surface area contributed by atoms with Crippen LogP contribution in [-0.4, -0.2) is 40.8 Å². The third-order valence-electron chi connectivity index (χ3n) is 7.86. The molecule has 0 bridgehead atoms. The predicted octanol–water partition coefficient (Wildman–Crippen LogP) is 4.42. The molecular formula is C25H36N2O4. The maximum Gasteiger partial charge on any atom is 0.257 e. The molecule has 0 N–H and O–H groups in total. The normalized spacial score (nSPS) is 22.6. The van der Waals surface area contributed by atoms with Crippen molar-refractivity contribution in [1.82, 2.24) is 4.90 Å². The fourth-order valence-corrected chi connectivity index (χ4v) is 4.94. The van der Waals surface area contributed by atoms with E-state index in [1.807, 2.05) is 27.7 Å². The van der Waals surface area contributed by atoms with E-state index in [1.165, 1.54) is 4.90 Å². The lowest BCUT2D eigenvalue weighted by Crippen LogP contribution is -2.56. The number of anilines is 1. The van der Waals surface area contributed by atoms with Gasteiger partial charge >= 0.3 is 0 Å². The van der Waals surface area contributed by atoms with E-state index >= 15 is 0 Å². The van der Waals surface area contributed by atoms with Crippen molar-refractivity contribution in [2.75, 3.05) is 11.5 Å². The first kappa shape index (κ1) is 23.3. The van der Waals surface area contributed by atoms with Gasteiger partial charge in [-0.05, 0) is 62.3 Å². The van der Waals surface area contributed by atoms with Gasteiger partial charge in [0.15, 0.2) is 0 Å². The number of imide groups is 1. The molecule has 1 aliphatic heterocycles. The highest BCUT2D eigenvalue weighted by Gasteiger charge is 2.70. The van der Waals surface area contributed by atoms with Crippen LogP contribution in [0.25, 0.3) is 0 Å². The number of hydrogen-bond acceptors (Lipinski definition) is 4. The molecule has 2 aliphatic rings. The molecule has 0 aromatic heterocycles. The first-order chi connectivity index (χ1) is 14.3. The van der Waals surface area contributed by atoms with Crippen LogP contribution in [0.5, 0.6) is 5.75 Å². The largest absolute Gasteiger partial charge is 0.494 e. The Morgan fingerprint density at radius 3 is 2.10 bits per heavy atom. The molecule has 3 rings (SSSR count). The molecule has 1 atom stereocenters. The maximum atomic E-state index is 13.8. The summed E-state index contributed by atoms with van der Waals surface area (Å²) in [5.41, 5.74) is -0.324. The molecule has 1 aromatic rings. The van der Waals surface area contributed by atoms with E-state index in [9.17, 15) is 14.4 Å². The van der Waals surface area contributed by atoms with Gasteiger partial charge in [-0.25, -0.2) is 4.90 Å². The standard InChI is InChI=1S/C25H36N2O4/c1-9-23(3,4)27(22(30)20-24(5,6)25(20,7)8)18-15-19(28)26(21(18)29)16-11-13-17(14-12-16)31-10-2/h11-14,18,20H,9-10,15H2,1-8H3. The van der Waals surface area contributed by atoms with Crippen LogP contribution in [0, 0.1) is 16.7 Å². The Kier molecular flexibility index (Phi) is 5.74. The predicted molar refractivity (Wildman–Crippen MR) is 121 cm³/mol. The maximum absolute atomic E-state index is 13.8. The summed E-state index contributed by atoms with van der Waals surface area (Å²) >= 11 is 0.